The topological polar surface area (TPSA) is 0 Å². The van der Waals surface area contributed by atoms with Crippen molar-refractivity contribution in [2.45, 2.75) is 80.1 Å². The van der Waals surface area contributed by atoms with Gasteiger partial charge in [0.15, 0.2) is 0 Å². The normalized spacial score (nSPS) is 12.0. The molecule has 0 aliphatic heterocycles. The Hall–Kier alpha value is -0.120. The van der Waals surface area contributed by atoms with Gasteiger partial charge >= 0.3 is 0 Å². The highest BCUT2D eigenvalue weighted by Crippen LogP contribution is 2.10. The Morgan fingerprint density at radius 3 is 0.741 bits per heavy atom. The summed E-state index contributed by atoms with van der Waals surface area (Å²) >= 11 is 0. The minimum absolute atomic E-state index is 1.00. The third-order valence-electron chi connectivity index (χ3n) is 5.44. The molecule has 0 heterocycles. The molecular formula is C24H60N3+3. The number of quaternary nitrogens is 3. The summed E-state index contributed by atoms with van der Waals surface area (Å²) in [7, 11) is 13.2. The Labute approximate surface area is 175 Å². The van der Waals surface area contributed by atoms with Crippen LogP contribution in [-0.2, 0) is 0 Å². The van der Waals surface area contributed by atoms with E-state index in [1.165, 1.54) is 86.8 Å². The van der Waals surface area contributed by atoms with Crippen molar-refractivity contribution in [3.05, 3.63) is 0 Å². The lowest BCUT2D eigenvalue weighted by Gasteiger charge is -2.34. The molecule has 0 unspecified atom stereocenters. The van der Waals surface area contributed by atoms with Crippen molar-refractivity contribution in [2.75, 3.05) is 81.6 Å². The Morgan fingerprint density at radius 1 is 0.407 bits per heavy atom. The lowest BCUT2D eigenvalue weighted by molar-refractivity contribution is -0.910. The van der Waals surface area contributed by atoms with Crippen LogP contribution in [0.3, 0.4) is 0 Å². The zero-order valence-electron chi connectivity index (χ0n) is 21.8. The maximum absolute atomic E-state index is 2.45. The van der Waals surface area contributed by atoms with Crippen molar-refractivity contribution in [3.8, 4) is 0 Å². The highest BCUT2D eigenvalue weighted by atomic mass is 15.3. The van der Waals surface area contributed by atoms with Crippen molar-refractivity contribution in [1.29, 1.82) is 0 Å². The van der Waals surface area contributed by atoms with E-state index in [1.807, 2.05) is 0 Å². The summed E-state index contributed by atoms with van der Waals surface area (Å²) in [5.41, 5.74) is 0. The molecule has 0 atom stereocenters. The van der Waals surface area contributed by atoms with Gasteiger partial charge in [-0.05, 0) is 40.0 Å². The van der Waals surface area contributed by atoms with E-state index in [0.29, 0.717) is 0 Å². The van der Waals surface area contributed by atoms with Crippen molar-refractivity contribution < 1.29 is 13.4 Å². The Kier molecular flexibility index (Phi) is 21.0. The zero-order valence-corrected chi connectivity index (χ0v) is 21.8. The molecule has 0 amide bonds. The first-order valence-corrected chi connectivity index (χ1v) is 11.8. The Morgan fingerprint density at radius 2 is 0.630 bits per heavy atom. The molecule has 0 bridgehead atoms. The minimum atomic E-state index is 1.00. The number of unbranched alkanes of at least 4 members (excludes halogenated alkanes) is 3. The molecule has 27 heavy (non-hydrogen) atoms. The fraction of sp³-hybridized carbons (Fsp3) is 1.00. The second kappa shape index (κ2) is 17.9. The summed E-state index contributed by atoms with van der Waals surface area (Å²) in [6, 6.07) is 0. The molecule has 0 aliphatic rings. The van der Waals surface area contributed by atoms with Gasteiger partial charge in [-0.2, -0.15) is 0 Å². The Balaban J connectivity index is -0.000000372. The lowest BCUT2D eigenvalue weighted by Crippen LogP contribution is -2.46. The second-order valence-corrected chi connectivity index (χ2v) is 10.1. The van der Waals surface area contributed by atoms with Crippen LogP contribution in [0.2, 0.25) is 0 Å². The van der Waals surface area contributed by atoms with Gasteiger partial charge in [0.1, 0.15) is 0 Å². The van der Waals surface area contributed by atoms with Gasteiger partial charge in [-0.3, -0.25) is 0 Å². The van der Waals surface area contributed by atoms with E-state index in [9.17, 15) is 0 Å². The van der Waals surface area contributed by atoms with Gasteiger partial charge in [0, 0.05) is 0 Å². The maximum atomic E-state index is 2.45. The smallest absolute Gasteiger partial charge is 0.0784 e. The van der Waals surface area contributed by atoms with Crippen LogP contribution < -0.4 is 0 Å². The predicted octanol–water partition coefficient (Wildman–Crippen LogP) is 5.65. The average Bonchev–Trinajstić information content (AvgIpc) is 2.62. The number of rotatable bonds is 12. The first-order valence-electron chi connectivity index (χ1n) is 11.8. The molecule has 0 saturated heterocycles. The van der Waals surface area contributed by atoms with Crippen LogP contribution in [-0.4, -0.2) is 95.0 Å². The van der Waals surface area contributed by atoms with Crippen LogP contribution in [0.4, 0.5) is 0 Å². The molecule has 0 aliphatic carbocycles. The molecule has 0 radical (unpaired) electrons. The molecule has 0 aromatic carbocycles. The number of nitrogens with zero attached hydrogens (tertiary/aromatic N) is 3. The van der Waals surface area contributed by atoms with E-state index in [0.717, 1.165) is 4.48 Å². The van der Waals surface area contributed by atoms with Gasteiger partial charge in [0.25, 0.3) is 0 Å². The fourth-order valence-electron chi connectivity index (χ4n) is 2.63. The fourth-order valence-corrected chi connectivity index (χ4v) is 2.63. The van der Waals surface area contributed by atoms with E-state index < -0.39 is 0 Å². The standard InChI is InChI=1S/C13H30N.C7H18N.C4H12N/c1-5-8-11-14(4,12-9-6-2)13-10-7-3;1-5-8(4,6-2)7-3;1-5(2,3)4/h5-13H2,1-4H3;5-7H2,1-4H3;1-4H3/q3*+1. The number of hydrogen-bond donors (Lipinski definition) is 0. The van der Waals surface area contributed by atoms with E-state index in [2.05, 4.69) is 83.8 Å². The minimum Gasteiger partial charge on any atom is -0.333 e. The largest absolute Gasteiger partial charge is 0.333 e. The Bertz CT molecular complexity index is 254. The van der Waals surface area contributed by atoms with Gasteiger partial charge in [-0.15, -0.1) is 0 Å². The van der Waals surface area contributed by atoms with E-state index >= 15 is 0 Å². The quantitative estimate of drug-likeness (QED) is 0.378. The summed E-state index contributed by atoms with van der Waals surface area (Å²) in [6.45, 7) is 21.5. The average molecular weight is 391 g/mol. The SMILES string of the molecule is CCCC[N+](C)(CCCC)CCCC.CC[N+](C)(CC)CC.C[N+](C)(C)C. The lowest BCUT2D eigenvalue weighted by atomic mass is 10.2. The van der Waals surface area contributed by atoms with Crippen LogP contribution in [0.5, 0.6) is 0 Å². The molecule has 168 valence electrons. The summed E-state index contributed by atoms with van der Waals surface area (Å²) in [5, 5.41) is 0. The van der Waals surface area contributed by atoms with Gasteiger partial charge < -0.3 is 13.4 Å². The van der Waals surface area contributed by atoms with Gasteiger partial charge in [0.2, 0.25) is 0 Å². The molecule has 3 nitrogen and oxygen atoms in total. The van der Waals surface area contributed by atoms with Gasteiger partial charge in [-0.1, -0.05) is 40.0 Å². The molecule has 0 rings (SSSR count). The van der Waals surface area contributed by atoms with Crippen LogP contribution in [0.15, 0.2) is 0 Å². The second-order valence-electron chi connectivity index (χ2n) is 10.1. The molecule has 0 aromatic rings. The molecule has 3 heteroatoms. The summed E-state index contributed by atoms with van der Waals surface area (Å²) < 4.78 is 3.52. The van der Waals surface area contributed by atoms with Crippen LogP contribution in [0.1, 0.15) is 80.1 Å². The molecular weight excluding hydrogens is 330 g/mol. The molecule has 0 saturated carbocycles. The summed E-state index contributed by atoms with van der Waals surface area (Å²) in [5.74, 6) is 0. The molecule has 0 fully saturated rings. The molecule has 0 spiro atoms. The first-order chi connectivity index (χ1) is 12.4. The van der Waals surface area contributed by atoms with Gasteiger partial charge in [0.05, 0.1) is 81.6 Å². The van der Waals surface area contributed by atoms with Crippen molar-refractivity contribution in [2.24, 2.45) is 0 Å². The molecule has 0 aromatic heterocycles. The van der Waals surface area contributed by atoms with E-state index in [1.54, 1.807) is 0 Å². The highest BCUT2D eigenvalue weighted by molar-refractivity contribution is 4.43. The van der Waals surface area contributed by atoms with Crippen LogP contribution in [0, 0.1) is 0 Å². The van der Waals surface area contributed by atoms with Crippen molar-refractivity contribution >= 4 is 0 Å². The molecule has 0 N–H and O–H groups in total. The van der Waals surface area contributed by atoms with E-state index in [-0.39, 0.29) is 0 Å². The summed E-state index contributed by atoms with van der Waals surface area (Å²) in [6.07, 6.45) is 8.20. The van der Waals surface area contributed by atoms with Crippen molar-refractivity contribution in [3.63, 3.8) is 0 Å². The maximum Gasteiger partial charge on any atom is 0.0784 e. The third-order valence-corrected chi connectivity index (χ3v) is 5.44. The monoisotopic (exact) mass is 390 g/mol. The first kappa shape index (κ1) is 31.6. The van der Waals surface area contributed by atoms with Crippen molar-refractivity contribution in [1.82, 2.24) is 0 Å². The van der Waals surface area contributed by atoms with Crippen LogP contribution >= 0.6 is 0 Å². The van der Waals surface area contributed by atoms with Gasteiger partial charge in [-0.25, -0.2) is 0 Å². The third kappa shape index (κ3) is 25.9. The summed E-state index contributed by atoms with van der Waals surface area (Å²) in [4.78, 5) is 0. The predicted molar refractivity (Wildman–Crippen MR) is 127 cm³/mol. The van der Waals surface area contributed by atoms with Crippen LogP contribution in [0.25, 0.3) is 0 Å². The zero-order chi connectivity index (χ0) is 22.0. The highest BCUT2D eigenvalue weighted by Gasteiger charge is 2.18. The number of hydrogen-bond acceptors (Lipinski definition) is 0. The van der Waals surface area contributed by atoms with E-state index in [4.69, 9.17) is 0 Å².